The third-order valence-corrected chi connectivity index (χ3v) is 8.57. The second-order valence-corrected chi connectivity index (χ2v) is 10.6. The van der Waals surface area contributed by atoms with E-state index in [4.69, 9.17) is 9.26 Å². The Morgan fingerprint density at radius 3 is 2.27 bits per heavy atom. The number of hydrogen-bond donors (Lipinski definition) is 0. The van der Waals surface area contributed by atoms with E-state index in [2.05, 4.69) is 10.1 Å². The van der Waals surface area contributed by atoms with E-state index in [9.17, 15) is 8.42 Å². The summed E-state index contributed by atoms with van der Waals surface area (Å²) < 4.78 is 39.4. The summed E-state index contributed by atoms with van der Waals surface area (Å²) in [6.07, 6.45) is 0. The molecule has 3 aromatic rings. The SMILES string of the molecule is COc1ccc(N2CCN(S(=O)(=O)c3c(C)sc(C)c3-c3cc(C)no3)CC2)cc1. The minimum atomic E-state index is -3.65. The average molecular weight is 448 g/mol. The number of ether oxygens (including phenoxy) is 1. The molecule has 2 aromatic heterocycles. The lowest BCUT2D eigenvalue weighted by molar-refractivity contribution is 0.384. The maximum Gasteiger partial charge on any atom is 0.245 e. The number of piperazine rings is 1. The van der Waals surface area contributed by atoms with Crippen LogP contribution < -0.4 is 9.64 Å². The summed E-state index contributed by atoms with van der Waals surface area (Å²) in [5.41, 5.74) is 2.42. The number of benzene rings is 1. The number of sulfonamides is 1. The molecular weight excluding hydrogens is 422 g/mol. The Bertz CT molecular complexity index is 1140. The lowest BCUT2D eigenvalue weighted by Crippen LogP contribution is -2.48. The van der Waals surface area contributed by atoms with Crippen molar-refractivity contribution in [3.05, 3.63) is 45.8 Å². The molecule has 30 heavy (non-hydrogen) atoms. The fourth-order valence-electron chi connectivity index (χ4n) is 3.85. The fourth-order valence-corrected chi connectivity index (χ4v) is 7.09. The highest BCUT2D eigenvalue weighted by Gasteiger charge is 2.35. The van der Waals surface area contributed by atoms with Gasteiger partial charge in [0.15, 0.2) is 5.76 Å². The Morgan fingerprint density at radius 1 is 1.03 bits per heavy atom. The van der Waals surface area contributed by atoms with E-state index in [0.29, 0.717) is 42.4 Å². The van der Waals surface area contributed by atoms with Crippen LogP contribution in [-0.4, -0.2) is 51.2 Å². The van der Waals surface area contributed by atoms with E-state index in [1.165, 1.54) is 11.3 Å². The van der Waals surface area contributed by atoms with E-state index in [1.807, 2.05) is 45.0 Å². The van der Waals surface area contributed by atoms with Crippen LogP contribution in [0, 0.1) is 20.8 Å². The Morgan fingerprint density at radius 2 is 1.70 bits per heavy atom. The van der Waals surface area contributed by atoms with Gasteiger partial charge in [0.05, 0.1) is 18.4 Å². The van der Waals surface area contributed by atoms with E-state index >= 15 is 0 Å². The van der Waals surface area contributed by atoms with E-state index in [-0.39, 0.29) is 0 Å². The molecule has 1 aromatic carbocycles. The molecule has 9 heteroatoms. The summed E-state index contributed by atoms with van der Waals surface area (Å²) in [5, 5.41) is 3.94. The first-order chi connectivity index (χ1) is 14.3. The van der Waals surface area contributed by atoms with Gasteiger partial charge in [-0.15, -0.1) is 11.3 Å². The van der Waals surface area contributed by atoms with Gasteiger partial charge in [-0.2, -0.15) is 4.31 Å². The first-order valence-corrected chi connectivity index (χ1v) is 12.0. The first-order valence-electron chi connectivity index (χ1n) is 9.74. The smallest absolute Gasteiger partial charge is 0.245 e. The van der Waals surface area contributed by atoms with Crippen molar-refractivity contribution >= 4 is 27.0 Å². The molecule has 0 aliphatic carbocycles. The summed E-state index contributed by atoms with van der Waals surface area (Å²) in [6.45, 7) is 7.72. The van der Waals surface area contributed by atoms with Gasteiger partial charge < -0.3 is 14.2 Å². The summed E-state index contributed by atoms with van der Waals surface area (Å²) >= 11 is 1.48. The molecule has 1 saturated heterocycles. The number of aryl methyl sites for hydroxylation is 3. The molecule has 1 aliphatic heterocycles. The van der Waals surface area contributed by atoms with Crippen LogP contribution in [0.1, 0.15) is 15.4 Å². The van der Waals surface area contributed by atoms with Crippen molar-refractivity contribution in [2.45, 2.75) is 25.7 Å². The Kier molecular flexibility index (Phi) is 5.61. The minimum absolute atomic E-state index is 0.346. The lowest BCUT2D eigenvalue weighted by Gasteiger charge is -2.35. The van der Waals surface area contributed by atoms with Crippen molar-refractivity contribution in [3.8, 4) is 17.1 Å². The van der Waals surface area contributed by atoms with Crippen molar-refractivity contribution in [1.29, 1.82) is 0 Å². The molecule has 0 spiro atoms. The number of rotatable bonds is 5. The van der Waals surface area contributed by atoms with Gasteiger partial charge in [0.1, 0.15) is 10.6 Å². The van der Waals surface area contributed by atoms with Gasteiger partial charge in [0, 0.05) is 47.7 Å². The third kappa shape index (κ3) is 3.73. The quantitative estimate of drug-likeness (QED) is 0.591. The minimum Gasteiger partial charge on any atom is -0.497 e. The van der Waals surface area contributed by atoms with Crippen LogP contribution in [0.3, 0.4) is 0 Å². The highest BCUT2D eigenvalue weighted by molar-refractivity contribution is 7.89. The molecular formula is C21H25N3O4S2. The van der Waals surface area contributed by atoms with Gasteiger partial charge in [0.2, 0.25) is 10.0 Å². The maximum absolute atomic E-state index is 13.6. The van der Waals surface area contributed by atoms with Gasteiger partial charge in [0.25, 0.3) is 0 Å². The molecule has 0 radical (unpaired) electrons. The Balaban J connectivity index is 1.58. The molecule has 3 heterocycles. The highest BCUT2D eigenvalue weighted by atomic mass is 32.2. The van der Waals surface area contributed by atoms with Crippen LogP contribution in [0.2, 0.25) is 0 Å². The normalized spacial score (nSPS) is 15.5. The van der Waals surface area contributed by atoms with Gasteiger partial charge in [-0.3, -0.25) is 0 Å². The van der Waals surface area contributed by atoms with Crippen LogP contribution in [0.15, 0.2) is 39.8 Å². The van der Waals surface area contributed by atoms with Gasteiger partial charge >= 0.3 is 0 Å². The predicted molar refractivity (Wildman–Crippen MR) is 118 cm³/mol. The maximum atomic E-state index is 13.6. The molecule has 7 nitrogen and oxygen atoms in total. The standard InChI is InChI=1S/C21H25N3O4S2/c1-14-13-19(28-22-14)20-15(2)29-16(3)21(20)30(25,26)24-11-9-23(10-12-24)17-5-7-18(27-4)8-6-17/h5-8,13H,9-12H2,1-4H3. The Hall–Kier alpha value is -2.36. The second kappa shape index (κ2) is 8.05. The van der Waals surface area contributed by atoms with Gasteiger partial charge in [-0.1, -0.05) is 5.16 Å². The Labute approximate surface area is 180 Å². The third-order valence-electron chi connectivity index (χ3n) is 5.35. The van der Waals surface area contributed by atoms with Crippen LogP contribution in [0.4, 0.5) is 5.69 Å². The fraction of sp³-hybridized carbons (Fsp3) is 0.381. The number of anilines is 1. The molecule has 0 saturated carbocycles. The van der Waals surface area contributed by atoms with Crippen molar-refractivity contribution in [2.24, 2.45) is 0 Å². The largest absolute Gasteiger partial charge is 0.497 e. The van der Waals surface area contributed by atoms with Gasteiger partial charge in [-0.05, 0) is 45.0 Å². The molecule has 0 amide bonds. The zero-order valence-electron chi connectivity index (χ0n) is 17.5. The number of hydrogen-bond acceptors (Lipinski definition) is 7. The highest BCUT2D eigenvalue weighted by Crippen LogP contribution is 2.40. The summed E-state index contributed by atoms with van der Waals surface area (Å²) in [4.78, 5) is 4.23. The first kappa shape index (κ1) is 20.9. The molecule has 0 unspecified atom stereocenters. The van der Waals surface area contributed by atoms with E-state index in [1.54, 1.807) is 17.5 Å². The van der Waals surface area contributed by atoms with Gasteiger partial charge in [-0.25, -0.2) is 8.42 Å². The molecule has 1 aliphatic rings. The molecule has 4 rings (SSSR count). The lowest BCUT2D eigenvalue weighted by atomic mass is 10.2. The summed E-state index contributed by atoms with van der Waals surface area (Å²) in [6, 6.07) is 9.62. The summed E-state index contributed by atoms with van der Waals surface area (Å²) in [7, 11) is -2.01. The van der Waals surface area contributed by atoms with Crippen LogP contribution in [-0.2, 0) is 10.0 Å². The van der Waals surface area contributed by atoms with Crippen LogP contribution in [0.25, 0.3) is 11.3 Å². The molecule has 1 fully saturated rings. The van der Waals surface area contributed by atoms with Crippen LogP contribution >= 0.6 is 11.3 Å². The molecule has 160 valence electrons. The summed E-state index contributed by atoms with van der Waals surface area (Å²) in [5.74, 6) is 1.31. The van der Waals surface area contributed by atoms with E-state index in [0.717, 1.165) is 26.9 Å². The number of aromatic nitrogens is 1. The van der Waals surface area contributed by atoms with Crippen molar-refractivity contribution in [2.75, 3.05) is 38.2 Å². The topological polar surface area (TPSA) is 75.9 Å². The van der Waals surface area contributed by atoms with Crippen molar-refractivity contribution in [3.63, 3.8) is 0 Å². The number of nitrogens with zero attached hydrogens (tertiary/aromatic N) is 3. The second-order valence-electron chi connectivity index (χ2n) is 7.34. The molecule has 0 N–H and O–H groups in total. The predicted octanol–water partition coefficient (Wildman–Crippen LogP) is 3.85. The van der Waals surface area contributed by atoms with Crippen LogP contribution in [0.5, 0.6) is 5.75 Å². The number of thiophene rings is 1. The molecule has 0 atom stereocenters. The zero-order chi connectivity index (χ0) is 21.5. The van der Waals surface area contributed by atoms with Crippen molar-refractivity contribution < 1.29 is 17.7 Å². The zero-order valence-corrected chi connectivity index (χ0v) is 19.1. The average Bonchev–Trinajstić information content (AvgIpc) is 3.30. The number of methoxy groups -OCH3 is 1. The van der Waals surface area contributed by atoms with E-state index < -0.39 is 10.0 Å². The molecule has 0 bridgehead atoms. The monoisotopic (exact) mass is 447 g/mol. The van der Waals surface area contributed by atoms with Crippen molar-refractivity contribution in [1.82, 2.24) is 9.46 Å².